The van der Waals surface area contributed by atoms with Crippen LogP contribution in [0, 0.1) is 13.8 Å². The monoisotopic (exact) mass is 269 g/mol. The number of aryl methyl sites for hydroxylation is 2. The van der Waals surface area contributed by atoms with Crippen LogP contribution in [0.4, 0.5) is 0 Å². The molecule has 1 N–H and O–H groups in total. The molecular formula is C12H16BrNO. The molecule has 0 spiro atoms. The van der Waals surface area contributed by atoms with Gasteiger partial charge in [0.15, 0.2) is 0 Å². The van der Waals surface area contributed by atoms with E-state index in [0.29, 0.717) is 6.54 Å². The van der Waals surface area contributed by atoms with Gasteiger partial charge in [-0.2, -0.15) is 0 Å². The second kappa shape index (κ2) is 5.31. The van der Waals surface area contributed by atoms with E-state index in [1.54, 1.807) is 0 Å². The van der Waals surface area contributed by atoms with E-state index in [-0.39, 0.29) is 10.7 Å². The van der Waals surface area contributed by atoms with Crippen LogP contribution in [0.3, 0.4) is 0 Å². The van der Waals surface area contributed by atoms with Crippen LogP contribution in [0.2, 0.25) is 0 Å². The number of hydrogen-bond donors (Lipinski definition) is 1. The zero-order valence-electron chi connectivity index (χ0n) is 9.30. The van der Waals surface area contributed by atoms with Crippen molar-refractivity contribution >= 4 is 21.8 Å². The Morgan fingerprint density at radius 1 is 1.47 bits per heavy atom. The van der Waals surface area contributed by atoms with Crippen LogP contribution in [-0.2, 0) is 11.3 Å². The number of amides is 1. The fourth-order valence-electron chi connectivity index (χ4n) is 1.31. The Morgan fingerprint density at radius 3 is 2.73 bits per heavy atom. The second-order valence-corrected chi connectivity index (χ2v) is 5.14. The van der Waals surface area contributed by atoms with Crippen molar-refractivity contribution in [1.29, 1.82) is 0 Å². The van der Waals surface area contributed by atoms with Gasteiger partial charge in [-0.05, 0) is 31.9 Å². The van der Waals surface area contributed by atoms with Crippen molar-refractivity contribution in [2.45, 2.75) is 32.1 Å². The summed E-state index contributed by atoms with van der Waals surface area (Å²) >= 11 is 3.23. The van der Waals surface area contributed by atoms with E-state index in [1.807, 2.05) is 6.92 Å². The van der Waals surface area contributed by atoms with Crippen molar-refractivity contribution in [1.82, 2.24) is 5.32 Å². The number of hydrogen-bond acceptors (Lipinski definition) is 1. The zero-order chi connectivity index (χ0) is 11.4. The van der Waals surface area contributed by atoms with Gasteiger partial charge < -0.3 is 5.32 Å². The molecule has 0 radical (unpaired) electrons. The average Bonchev–Trinajstić information content (AvgIpc) is 2.18. The van der Waals surface area contributed by atoms with Crippen molar-refractivity contribution < 1.29 is 4.79 Å². The maximum absolute atomic E-state index is 11.4. The molecule has 1 atom stereocenters. The molecule has 1 unspecified atom stereocenters. The highest BCUT2D eigenvalue weighted by molar-refractivity contribution is 9.10. The van der Waals surface area contributed by atoms with E-state index in [0.717, 1.165) is 0 Å². The third kappa shape index (κ3) is 3.67. The molecule has 82 valence electrons. The molecule has 0 saturated heterocycles. The fourth-order valence-corrected chi connectivity index (χ4v) is 1.48. The molecule has 1 rings (SSSR count). The van der Waals surface area contributed by atoms with Crippen molar-refractivity contribution in [3.8, 4) is 0 Å². The van der Waals surface area contributed by atoms with Crippen molar-refractivity contribution in [2.75, 3.05) is 0 Å². The zero-order valence-corrected chi connectivity index (χ0v) is 10.9. The minimum Gasteiger partial charge on any atom is -0.351 e. The number of carbonyl (C=O) groups excluding carboxylic acids is 1. The lowest BCUT2D eigenvalue weighted by atomic mass is 10.1. The molecule has 0 fully saturated rings. The minimum absolute atomic E-state index is 0.0240. The summed E-state index contributed by atoms with van der Waals surface area (Å²) < 4.78 is 0. The lowest BCUT2D eigenvalue weighted by molar-refractivity contribution is -0.120. The van der Waals surface area contributed by atoms with Gasteiger partial charge in [0.05, 0.1) is 4.83 Å². The molecule has 1 amide bonds. The number of carbonyl (C=O) groups is 1. The lowest BCUT2D eigenvalue weighted by Crippen LogP contribution is -2.29. The van der Waals surface area contributed by atoms with Crippen LogP contribution in [0.15, 0.2) is 18.2 Å². The van der Waals surface area contributed by atoms with E-state index in [4.69, 9.17) is 0 Å². The molecule has 0 aromatic heterocycles. The molecule has 0 aliphatic carbocycles. The highest BCUT2D eigenvalue weighted by Crippen LogP contribution is 2.10. The van der Waals surface area contributed by atoms with Crippen LogP contribution in [-0.4, -0.2) is 10.7 Å². The maximum atomic E-state index is 11.4. The van der Waals surface area contributed by atoms with Gasteiger partial charge in [-0.25, -0.2) is 0 Å². The van der Waals surface area contributed by atoms with Gasteiger partial charge in [-0.3, -0.25) is 4.79 Å². The molecule has 0 saturated carbocycles. The summed E-state index contributed by atoms with van der Waals surface area (Å²) in [7, 11) is 0. The third-order valence-electron chi connectivity index (χ3n) is 2.32. The van der Waals surface area contributed by atoms with Crippen LogP contribution in [0.1, 0.15) is 23.6 Å². The first kappa shape index (κ1) is 12.2. The average molecular weight is 270 g/mol. The summed E-state index contributed by atoms with van der Waals surface area (Å²) in [4.78, 5) is 11.2. The highest BCUT2D eigenvalue weighted by Gasteiger charge is 2.08. The minimum atomic E-state index is -0.136. The standard InChI is InChI=1S/C12H16BrNO/c1-8-4-5-9(2)11(6-8)7-14-12(15)10(3)13/h4-6,10H,7H2,1-3H3,(H,14,15). The Balaban J connectivity index is 2.65. The molecule has 3 heteroatoms. The van der Waals surface area contributed by atoms with Gasteiger partial charge in [0.1, 0.15) is 0 Å². The Labute approximate surface area is 99.2 Å². The smallest absolute Gasteiger partial charge is 0.233 e. The topological polar surface area (TPSA) is 29.1 Å². The van der Waals surface area contributed by atoms with Gasteiger partial charge in [0.2, 0.25) is 5.91 Å². The highest BCUT2D eigenvalue weighted by atomic mass is 79.9. The Hall–Kier alpha value is -0.830. The van der Waals surface area contributed by atoms with Gasteiger partial charge in [-0.1, -0.05) is 39.7 Å². The van der Waals surface area contributed by atoms with E-state index < -0.39 is 0 Å². The first-order valence-electron chi connectivity index (χ1n) is 4.98. The van der Waals surface area contributed by atoms with Crippen LogP contribution >= 0.6 is 15.9 Å². The molecular weight excluding hydrogens is 254 g/mol. The molecule has 1 aromatic rings. The summed E-state index contributed by atoms with van der Waals surface area (Å²) in [6.45, 7) is 6.52. The van der Waals surface area contributed by atoms with E-state index in [1.165, 1.54) is 16.7 Å². The number of rotatable bonds is 3. The quantitative estimate of drug-likeness (QED) is 0.841. The van der Waals surface area contributed by atoms with Crippen LogP contribution in [0.25, 0.3) is 0 Å². The van der Waals surface area contributed by atoms with Gasteiger partial charge in [-0.15, -0.1) is 0 Å². The summed E-state index contributed by atoms with van der Waals surface area (Å²) in [6, 6.07) is 6.26. The van der Waals surface area contributed by atoms with Crippen molar-refractivity contribution in [2.24, 2.45) is 0 Å². The van der Waals surface area contributed by atoms with E-state index >= 15 is 0 Å². The van der Waals surface area contributed by atoms with Gasteiger partial charge in [0.25, 0.3) is 0 Å². The Kier molecular flexibility index (Phi) is 4.33. The van der Waals surface area contributed by atoms with Gasteiger partial charge >= 0.3 is 0 Å². The lowest BCUT2D eigenvalue weighted by Gasteiger charge is -2.09. The van der Waals surface area contributed by atoms with Crippen LogP contribution < -0.4 is 5.32 Å². The SMILES string of the molecule is Cc1ccc(C)c(CNC(=O)C(C)Br)c1. The Morgan fingerprint density at radius 2 is 2.13 bits per heavy atom. The number of alkyl halides is 1. The van der Waals surface area contributed by atoms with Crippen molar-refractivity contribution in [3.63, 3.8) is 0 Å². The predicted molar refractivity (Wildman–Crippen MR) is 66.2 cm³/mol. The predicted octanol–water partition coefficient (Wildman–Crippen LogP) is 2.70. The molecule has 0 bridgehead atoms. The number of nitrogens with one attached hydrogen (secondary N) is 1. The van der Waals surface area contributed by atoms with Crippen LogP contribution in [0.5, 0.6) is 0 Å². The molecule has 15 heavy (non-hydrogen) atoms. The molecule has 0 aliphatic heterocycles. The first-order chi connectivity index (χ1) is 7.00. The number of benzene rings is 1. The summed E-state index contributed by atoms with van der Waals surface area (Å²) in [5.41, 5.74) is 3.61. The van der Waals surface area contributed by atoms with Crippen molar-refractivity contribution in [3.05, 3.63) is 34.9 Å². The summed E-state index contributed by atoms with van der Waals surface area (Å²) in [5, 5.41) is 2.88. The third-order valence-corrected chi connectivity index (χ3v) is 2.73. The largest absolute Gasteiger partial charge is 0.351 e. The van der Waals surface area contributed by atoms with Gasteiger partial charge in [0, 0.05) is 6.54 Å². The Bertz CT molecular complexity index is 361. The molecule has 0 aliphatic rings. The number of halogens is 1. The molecule has 1 aromatic carbocycles. The second-order valence-electron chi connectivity index (χ2n) is 3.76. The normalized spacial score (nSPS) is 12.3. The van der Waals surface area contributed by atoms with E-state index in [2.05, 4.69) is 53.3 Å². The fraction of sp³-hybridized carbons (Fsp3) is 0.417. The molecule has 2 nitrogen and oxygen atoms in total. The summed E-state index contributed by atoms with van der Waals surface area (Å²) in [6.07, 6.45) is 0. The summed E-state index contributed by atoms with van der Waals surface area (Å²) in [5.74, 6) is 0.0240. The first-order valence-corrected chi connectivity index (χ1v) is 5.90. The maximum Gasteiger partial charge on any atom is 0.233 e. The molecule has 0 heterocycles. The van der Waals surface area contributed by atoms with E-state index in [9.17, 15) is 4.79 Å².